The highest BCUT2D eigenvalue weighted by Crippen LogP contribution is 2.19. The largest absolute Gasteiger partial charge is 0.384 e. The summed E-state index contributed by atoms with van der Waals surface area (Å²) >= 11 is 0. The Balaban J connectivity index is 1.78. The van der Waals surface area contributed by atoms with Crippen LogP contribution in [0.2, 0.25) is 0 Å². The van der Waals surface area contributed by atoms with Crippen LogP contribution in [0.15, 0.2) is 30.3 Å². The van der Waals surface area contributed by atoms with Crippen LogP contribution in [-0.2, 0) is 16.1 Å². The molecule has 2 atom stereocenters. The van der Waals surface area contributed by atoms with Crippen LogP contribution in [0.4, 0.5) is 0 Å². The van der Waals surface area contributed by atoms with Gasteiger partial charge >= 0.3 is 0 Å². The molecule has 0 aliphatic carbocycles. The van der Waals surface area contributed by atoms with Gasteiger partial charge in [-0.3, -0.25) is 9.69 Å². The average molecular weight is 290 g/mol. The first-order valence-electron chi connectivity index (χ1n) is 7.73. The Bertz CT molecular complexity index is 436. The Morgan fingerprint density at radius 2 is 2.14 bits per heavy atom. The molecule has 1 fully saturated rings. The fraction of sp³-hybridized carbons (Fsp3) is 0.588. The molecule has 1 heterocycles. The first-order chi connectivity index (χ1) is 10.2. The number of likely N-dealkylation sites (tertiary alicyclic amines) is 1. The number of nitrogens with one attached hydrogen (secondary N) is 1. The molecular weight excluding hydrogens is 264 g/mol. The lowest BCUT2D eigenvalue weighted by molar-refractivity contribution is -0.123. The van der Waals surface area contributed by atoms with Gasteiger partial charge in [0.25, 0.3) is 0 Å². The van der Waals surface area contributed by atoms with Gasteiger partial charge in [0, 0.05) is 39.2 Å². The number of nitrogens with zero attached hydrogens (tertiary/aromatic N) is 1. The van der Waals surface area contributed by atoms with Crippen molar-refractivity contribution >= 4 is 5.91 Å². The molecule has 1 saturated heterocycles. The maximum Gasteiger partial charge on any atom is 0.222 e. The van der Waals surface area contributed by atoms with E-state index in [0.29, 0.717) is 25.0 Å². The van der Waals surface area contributed by atoms with Gasteiger partial charge in [0.1, 0.15) is 0 Å². The Labute approximate surface area is 127 Å². The van der Waals surface area contributed by atoms with E-state index in [1.165, 1.54) is 5.56 Å². The van der Waals surface area contributed by atoms with E-state index >= 15 is 0 Å². The van der Waals surface area contributed by atoms with Crippen LogP contribution >= 0.6 is 0 Å². The highest BCUT2D eigenvalue weighted by molar-refractivity contribution is 5.76. The number of benzene rings is 1. The maximum atomic E-state index is 11.8. The van der Waals surface area contributed by atoms with Crippen molar-refractivity contribution in [2.75, 3.05) is 26.8 Å². The number of carbonyl (C=O) groups excluding carboxylic acids is 1. The van der Waals surface area contributed by atoms with Gasteiger partial charge in [-0.05, 0) is 17.9 Å². The van der Waals surface area contributed by atoms with E-state index in [1.54, 1.807) is 7.11 Å². The molecule has 0 saturated carbocycles. The van der Waals surface area contributed by atoms with Gasteiger partial charge < -0.3 is 10.1 Å². The topological polar surface area (TPSA) is 41.6 Å². The molecule has 0 unspecified atom stereocenters. The molecule has 1 amide bonds. The minimum absolute atomic E-state index is 0.102. The first kappa shape index (κ1) is 16.0. The van der Waals surface area contributed by atoms with Crippen LogP contribution in [-0.4, -0.2) is 43.7 Å². The van der Waals surface area contributed by atoms with E-state index in [1.807, 2.05) is 6.07 Å². The molecule has 116 valence electrons. The number of methoxy groups -OCH3 is 1. The highest BCUT2D eigenvalue weighted by atomic mass is 16.5. The van der Waals surface area contributed by atoms with E-state index in [4.69, 9.17) is 4.74 Å². The molecule has 1 aromatic carbocycles. The van der Waals surface area contributed by atoms with Gasteiger partial charge in [-0.1, -0.05) is 37.3 Å². The van der Waals surface area contributed by atoms with Crippen molar-refractivity contribution in [2.45, 2.75) is 32.4 Å². The predicted molar refractivity (Wildman–Crippen MR) is 83.9 cm³/mol. The lowest BCUT2D eigenvalue weighted by Crippen LogP contribution is -2.49. The van der Waals surface area contributed by atoms with Gasteiger partial charge in [-0.25, -0.2) is 0 Å². The summed E-state index contributed by atoms with van der Waals surface area (Å²) in [4.78, 5) is 14.3. The van der Waals surface area contributed by atoms with Gasteiger partial charge in [-0.2, -0.15) is 0 Å². The van der Waals surface area contributed by atoms with Crippen LogP contribution in [0.3, 0.4) is 0 Å². The molecule has 0 radical (unpaired) electrons. The van der Waals surface area contributed by atoms with Gasteiger partial charge in [0.05, 0.1) is 6.61 Å². The third-order valence-electron chi connectivity index (χ3n) is 4.12. The van der Waals surface area contributed by atoms with Crippen molar-refractivity contribution in [2.24, 2.45) is 5.92 Å². The van der Waals surface area contributed by atoms with Gasteiger partial charge in [-0.15, -0.1) is 0 Å². The zero-order valence-corrected chi connectivity index (χ0v) is 13.0. The van der Waals surface area contributed by atoms with E-state index in [2.05, 4.69) is 41.4 Å². The molecule has 0 bridgehead atoms. The van der Waals surface area contributed by atoms with Gasteiger partial charge in [0.2, 0.25) is 5.91 Å². The smallest absolute Gasteiger partial charge is 0.222 e. The van der Waals surface area contributed by atoms with Crippen LogP contribution < -0.4 is 5.32 Å². The van der Waals surface area contributed by atoms with Gasteiger partial charge in [0.15, 0.2) is 0 Å². The summed E-state index contributed by atoms with van der Waals surface area (Å²) in [5, 5.41) is 3.14. The number of piperidine rings is 1. The highest BCUT2D eigenvalue weighted by Gasteiger charge is 2.26. The number of carbonyl (C=O) groups is 1. The number of rotatable bonds is 6. The number of hydrogen-bond acceptors (Lipinski definition) is 3. The summed E-state index contributed by atoms with van der Waals surface area (Å²) in [7, 11) is 1.62. The molecule has 2 rings (SSSR count). The fourth-order valence-corrected chi connectivity index (χ4v) is 2.91. The fourth-order valence-electron chi connectivity index (χ4n) is 2.91. The Morgan fingerprint density at radius 3 is 2.81 bits per heavy atom. The standard InChI is InChI=1S/C17H26N2O2/c1-14-12-19(13-15-6-4-3-5-7-15)10-8-16(14)18-17(20)9-11-21-2/h3-7,14,16H,8-13H2,1-2H3,(H,18,20)/t14-,16+/m1/s1. The van der Waals surface area contributed by atoms with E-state index in [9.17, 15) is 4.79 Å². The molecule has 0 aromatic heterocycles. The normalized spacial score (nSPS) is 23.0. The zero-order chi connectivity index (χ0) is 15.1. The van der Waals surface area contributed by atoms with Crippen molar-refractivity contribution in [1.29, 1.82) is 0 Å². The monoisotopic (exact) mass is 290 g/mol. The molecule has 21 heavy (non-hydrogen) atoms. The predicted octanol–water partition coefficient (Wildman–Crippen LogP) is 2.05. The average Bonchev–Trinajstić information content (AvgIpc) is 2.49. The molecule has 1 aliphatic rings. The molecule has 1 aliphatic heterocycles. The lowest BCUT2D eigenvalue weighted by Gasteiger charge is -2.37. The van der Waals surface area contributed by atoms with Crippen molar-refractivity contribution in [3.63, 3.8) is 0 Å². The van der Waals surface area contributed by atoms with E-state index in [0.717, 1.165) is 26.1 Å². The quantitative estimate of drug-likeness (QED) is 0.872. The molecule has 4 nitrogen and oxygen atoms in total. The summed E-state index contributed by atoms with van der Waals surface area (Å²) in [6.45, 7) is 5.78. The third-order valence-corrected chi connectivity index (χ3v) is 4.12. The second-order valence-corrected chi connectivity index (χ2v) is 5.90. The van der Waals surface area contributed by atoms with Crippen LogP contribution in [0.25, 0.3) is 0 Å². The molecule has 1 aromatic rings. The summed E-state index contributed by atoms with van der Waals surface area (Å²) in [5.74, 6) is 0.583. The van der Waals surface area contributed by atoms with Crippen molar-refractivity contribution in [3.05, 3.63) is 35.9 Å². The van der Waals surface area contributed by atoms with Crippen LogP contribution in [0.1, 0.15) is 25.3 Å². The Kier molecular flexibility index (Phi) is 6.21. The third kappa shape index (κ3) is 5.14. The second-order valence-electron chi connectivity index (χ2n) is 5.90. The molecule has 0 spiro atoms. The van der Waals surface area contributed by atoms with Crippen LogP contribution in [0.5, 0.6) is 0 Å². The van der Waals surface area contributed by atoms with Crippen LogP contribution in [0, 0.1) is 5.92 Å². The lowest BCUT2D eigenvalue weighted by atomic mass is 9.93. The molecule has 4 heteroatoms. The first-order valence-corrected chi connectivity index (χ1v) is 7.73. The zero-order valence-electron chi connectivity index (χ0n) is 13.0. The summed E-state index contributed by atoms with van der Waals surface area (Å²) in [6.07, 6.45) is 1.47. The van der Waals surface area contributed by atoms with Crippen molar-refractivity contribution in [3.8, 4) is 0 Å². The Morgan fingerprint density at radius 1 is 1.38 bits per heavy atom. The van der Waals surface area contributed by atoms with E-state index in [-0.39, 0.29) is 5.91 Å². The second kappa shape index (κ2) is 8.15. The SMILES string of the molecule is COCCC(=O)N[C@H]1CCN(Cc2ccccc2)C[C@H]1C. The minimum Gasteiger partial charge on any atom is -0.384 e. The number of hydrogen-bond donors (Lipinski definition) is 1. The molecule has 1 N–H and O–H groups in total. The van der Waals surface area contributed by atoms with E-state index < -0.39 is 0 Å². The van der Waals surface area contributed by atoms with Crippen molar-refractivity contribution < 1.29 is 9.53 Å². The summed E-state index contributed by atoms with van der Waals surface area (Å²) < 4.78 is 4.94. The number of ether oxygens (including phenoxy) is 1. The maximum absolute atomic E-state index is 11.8. The summed E-state index contributed by atoms with van der Waals surface area (Å²) in [6, 6.07) is 10.9. The van der Waals surface area contributed by atoms with Crippen molar-refractivity contribution in [1.82, 2.24) is 10.2 Å². The molecular formula is C17H26N2O2. The number of amides is 1. The Hall–Kier alpha value is -1.39. The summed E-state index contributed by atoms with van der Waals surface area (Å²) in [5.41, 5.74) is 1.35. The minimum atomic E-state index is 0.102.